The van der Waals surface area contributed by atoms with Crippen LogP contribution in [-0.2, 0) is 14.3 Å². The molecule has 1 aliphatic rings. The van der Waals surface area contributed by atoms with Crippen LogP contribution in [0.2, 0.25) is 0 Å². The van der Waals surface area contributed by atoms with Gasteiger partial charge in [0.05, 0.1) is 37.4 Å². The Morgan fingerprint density at radius 3 is 2.47 bits per heavy atom. The maximum atomic E-state index is 12.5. The van der Waals surface area contributed by atoms with Gasteiger partial charge in [0.25, 0.3) is 5.91 Å². The highest BCUT2D eigenvalue weighted by Crippen LogP contribution is 2.21. The minimum absolute atomic E-state index is 0.0694. The average molecular weight is 455 g/mol. The molecule has 3 rings (SSSR count). The molecule has 0 spiro atoms. The number of aromatic nitrogens is 1. The summed E-state index contributed by atoms with van der Waals surface area (Å²) in [6.07, 6.45) is 2.15. The standard InChI is InChI=1S/C14H20N2O4.C7H6F2O.C2H6/c1-9-3-6-13(20-9)14(18)16-10-4-5-11(15-7-10)12(17)8-19-2;1-10-6-4-2-3-5(8)7(6)9;1-2/h4-5,7,9,12-13,17H,3,6,8H2,1-2H3,(H,16,18);2-4H,1H3;1-2H3. The lowest BCUT2D eigenvalue weighted by molar-refractivity contribution is -0.126. The van der Waals surface area contributed by atoms with E-state index in [1.807, 2.05) is 20.8 Å². The van der Waals surface area contributed by atoms with Gasteiger partial charge in [-0.05, 0) is 44.0 Å². The van der Waals surface area contributed by atoms with Gasteiger partial charge in [-0.3, -0.25) is 9.78 Å². The summed E-state index contributed by atoms with van der Waals surface area (Å²) in [6.45, 7) is 6.15. The summed E-state index contributed by atoms with van der Waals surface area (Å²) < 4.78 is 39.7. The summed E-state index contributed by atoms with van der Waals surface area (Å²) in [6, 6.07) is 7.16. The Balaban J connectivity index is 0.000000358. The Kier molecular flexibility index (Phi) is 12.4. The summed E-state index contributed by atoms with van der Waals surface area (Å²) in [4.78, 5) is 16.1. The van der Waals surface area contributed by atoms with E-state index in [9.17, 15) is 18.7 Å². The highest BCUT2D eigenvalue weighted by atomic mass is 19.2. The molecular weight excluding hydrogens is 422 g/mol. The number of pyridine rings is 1. The Bertz CT molecular complexity index is 821. The predicted molar refractivity (Wildman–Crippen MR) is 118 cm³/mol. The molecule has 0 aliphatic carbocycles. The quantitative estimate of drug-likeness (QED) is 0.678. The fraction of sp³-hybridized carbons (Fsp3) is 0.478. The zero-order chi connectivity index (χ0) is 24.1. The molecule has 1 saturated heterocycles. The summed E-state index contributed by atoms with van der Waals surface area (Å²) in [5, 5.41) is 12.5. The van der Waals surface area contributed by atoms with E-state index in [2.05, 4.69) is 15.0 Å². The van der Waals surface area contributed by atoms with Crippen LogP contribution in [0, 0.1) is 11.6 Å². The minimum atomic E-state index is -0.940. The van der Waals surface area contributed by atoms with Gasteiger partial charge in [0.2, 0.25) is 5.82 Å². The first-order valence-electron chi connectivity index (χ1n) is 10.4. The zero-order valence-corrected chi connectivity index (χ0v) is 19.1. The normalized spacial score (nSPS) is 17.9. The van der Waals surface area contributed by atoms with Crippen molar-refractivity contribution < 1.29 is 32.9 Å². The van der Waals surface area contributed by atoms with Crippen molar-refractivity contribution in [3.63, 3.8) is 0 Å². The van der Waals surface area contributed by atoms with Crippen LogP contribution in [0.15, 0.2) is 36.5 Å². The molecule has 2 heterocycles. The van der Waals surface area contributed by atoms with E-state index in [-0.39, 0.29) is 30.5 Å². The van der Waals surface area contributed by atoms with Gasteiger partial charge in [0, 0.05) is 7.11 Å². The van der Waals surface area contributed by atoms with Crippen molar-refractivity contribution >= 4 is 11.6 Å². The molecule has 3 unspecified atom stereocenters. The second kappa shape index (κ2) is 14.4. The van der Waals surface area contributed by atoms with Crippen molar-refractivity contribution in [2.24, 2.45) is 0 Å². The smallest absolute Gasteiger partial charge is 0.253 e. The minimum Gasteiger partial charge on any atom is -0.494 e. The SMILES string of the molecule is CC.COCC(O)c1ccc(NC(=O)C2CCC(C)O2)cn1.COc1cccc(F)c1F. The number of aliphatic hydroxyl groups is 1. The van der Waals surface area contributed by atoms with Crippen molar-refractivity contribution in [3.8, 4) is 5.75 Å². The molecule has 1 aromatic carbocycles. The highest BCUT2D eigenvalue weighted by molar-refractivity contribution is 5.94. The van der Waals surface area contributed by atoms with Gasteiger partial charge in [-0.1, -0.05) is 19.9 Å². The van der Waals surface area contributed by atoms with Gasteiger partial charge in [0.1, 0.15) is 12.2 Å². The lowest BCUT2D eigenvalue weighted by atomic mass is 10.2. The summed E-state index contributed by atoms with van der Waals surface area (Å²) in [7, 11) is 2.80. The molecule has 0 bridgehead atoms. The number of nitrogens with one attached hydrogen (secondary N) is 1. The third-order valence-corrected chi connectivity index (χ3v) is 4.38. The second-order valence-electron chi connectivity index (χ2n) is 6.70. The number of rotatable bonds is 6. The van der Waals surface area contributed by atoms with E-state index in [0.717, 1.165) is 18.9 Å². The van der Waals surface area contributed by atoms with Gasteiger partial charge < -0.3 is 24.6 Å². The monoisotopic (exact) mass is 454 g/mol. The summed E-state index contributed by atoms with van der Waals surface area (Å²) in [5.74, 6) is -2.05. The molecule has 1 fully saturated rings. The number of methoxy groups -OCH3 is 2. The molecule has 0 radical (unpaired) electrons. The first-order chi connectivity index (χ1) is 15.3. The van der Waals surface area contributed by atoms with E-state index in [0.29, 0.717) is 11.4 Å². The first kappa shape index (κ1) is 27.4. The highest BCUT2D eigenvalue weighted by Gasteiger charge is 2.28. The van der Waals surface area contributed by atoms with E-state index in [1.165, 1.54) is 32.5 Å². The number of halogens is 2. The number of carbonyl (C=O) groups excluding carboxylic acids is 1. The van der Waals surface area contributed by atoms with Crippen LogP contribution in [0.5, 0.6) is 5.75 Å². The van der Waals surface area contributed by atoms with Crippen LogP contribution < -0.4 is 10.1 Å². The van der Waals surface area contributed by atoms with Crippen LogP contribution >= 0.6 is 0 Å². The summed E-state index contributed by atoms with van der Waals surface area (Å²) >= 11 is 0. The number of hydrogen-bond donors (Lipinski definition) is 2. The molecule has 1 aliphatic heterocycles. The number of ether oxygens (including phenoxy) is 3. The van der Waals surface area contributed by atoms with E-state index in [4.69, 9.17) is 9.47 Å². The molecule has 0 saturated carbocycles. The maximum absolute atomic E-state index is 12.5. The van der Waals surface area contributed by atoms with Crippen molar-refractivity contribution in [1.82, 2.24) is 4.98 Å². The van der Waals surface area contributed by atoms with Crippen molar-refractivity contribution in [2.75, 3.05) is 26.1 Å². The van der Waals surface area contributed by atoms with Gasteiger partial charge in [-0.15, -0.1) is 0 Å². The van der Waals surface area contributed by atoms with Crippen LogP contribution in [0.4, 0.5) is 14.5 Å². The fourth-order valence-electron chi connectivity index (χ4n) is 2.78. The molecule has 1 amide bonds. The van der Waals surface area contributed by atoms with Gasteiger partial charge in [-0.2, -0.15) is 4.39 Å². The number of carbonyl (C=O) groups is 1. The topological polar surface area (TPSA) is 89.9 Å². The number of aliphatic hydroxyl groups excluding tert-OH is 1. The molecule has 9 heteroatoms. The third kappa shape index (κ3) is 8.49. The van der Waals surface area contributed by atoms with Crippen molar-refractivity contribution in [3.05, 3.63) is 53.9 Å². The van der Waals surface area contributed by atoms with Gasteiger partial charge in [-0.25, -0.2) is 4.39 Å². The number of hydrogen-bond acceptors (Lipinski definition) is 6. The van der Waals surface area contributed by atoms with Crippen LogP contribution in [0.1, 0.15) is 45.4 Å². The van der Waals surface area contributed by atoms with E-state index in [1.54, 1.807) is 12.1 Å². The lowest BCUT2D eigenvalue weighted by Crippen LogP contribution is -2.27. The Hall–Kier alpha value is -2.62. The number of anilines is 1. The maximum Gasteiger partial charge on any atom is 0.253 e. The van der Waals surface area contributed by atoms with Crippen molar-refractivity contribution in [2.45, 2.75) is 51.9 Å². The lowest BCUT2D eigenvalue weighted by Gasteiger charge is -2.13. The Labute approximate surface area is 187 Å². The second-order valence-corrected chi connectivity index (χ2v) is 6.70. The van der Waals surface area contributed by atoms with Gasteiger partial charge in [0.15, 0.2) is 11.6 Å². The molecule has 3 atom stereocenters. The predicted octanol–water partition coefficient (Wildman–Crippen LogP) is 4.27. The Morgan fingerprint density at radius 2 is 1.97 bits per heavy atom. The molecular formula is C23H32F2N2O5. The largest absolute Gasteiger partial charge is 0.494 e. The van der Waals surface area contributed by atoms with Crippen LogP contribution in [-0.4, -0.2) is 49.0 Å². The molecule has 2 aromatic rings. The van der Waals surface area contributed by atoms with Gasteiger partial charge >= 0.3 is 0 Å². The third-order valence-electron chi connectivity index (χ3n) is 4.38. The molecule has 2 N–H and O–H groups in total. The number of amides is 1. The molecule has 178 valence electrons. The van der Waals surface area contributed by atoms with Crippen molar-refractivity contribution in [1.29, 1.82) is 0 Å². The van der Waals surface area contributed by atoms with E-state index < -0.39 is 17.7 Å². The molecule has 7 nitrogen and oxygen atoms in total. The zero-order valence-electron chi connectivity index (χ0n) is 19.1. The Morgan fingerprint density at radius 1 is 1.25 bits per heavy atom. The average Bonchev–Trinajstić information content (AvgIpc) is 3.25. The van der Waals surface area contributed by atoms with Crippen LogP contribution in [0.3, 0.4) is 0 Å². The fourth-order valence-corrected chi connectivity index (χ4v) is 2.78. The molecule has 1 aromatic heterocycles. The first-order valence-corrected chi connectivity index (χ1v) is 10.4. The van der Waals surface area contributed by atoms with E-state index >= 15 is 0 Å². The number of benzene rings is 1. The number of nitrogens with zero attached hydrogens (tertiary/aromatic N) is 1. The molecule has 32 heavy (non-hydrogen) atoms. The summed E-state index contributed by atoms with van der Waals surface area (Å²) in [5.41, 5.74) is 1.10. The van der Waals surface area contributed by atoms with Crippen LogP contribution in [0.25, 0.3) is 0 Å².